The topological polar surface area (TPSA) is 180 Å². The zero-order valence-electron chi connectivity index (χ0n) is 15.2. The summed E-state index contributed by atoms with van der Waals surface area (Å²) < 4.78 is 0. The molecule has 0 heterocycles. The van der Waals surface area contributed by atoms with Crippen LogP contribution >= 0.6 is 0 Å². The normalized spacial score (nSPS) is 15.1. The number of carbonyl (C=O) groups excluding carboxylic acids is 4. The van der Waals surface area contributed by atoms with E-state index in [1.165, 1.54) is 13.8 Å². The van der Waals surface area contributed by atoms with Crippen molar-refractivity contribution < 1.29 is 48.9 Å². The SMILES string of the molecule is CCC(C(=O)O)C(=O)CC(CC(=O)C(CC)C(=O)O)(C(C)=O)C(=O)C(=O)O. The number of ketones is 4. The minimum atomic E-state index is -2.65. The molecule has 0 amide bonds. The van der Waals surface area contributed by atoms with Crippen LogP contribution in [-0.4, -0.2) is 56.4 Å². The standard InChI is InChI=1S/C17H22O10/c1-4-9(14(22)23)11(19)6-17(8(3)18,13(21)16(26)27)7-12(20)10(5-2)15(24)25/h9-10H,4-7H2,1-3H3,(H,22,23)(H,24,25)(H,26,27). The van der Waals surface area contributed by atoms with Gasteiger partial charge in [-0.2, -0.15) is 0 Å². The Kier molecular flexibility index (Phi) is 8.65. The maximum absolute atomic E-state index is 12.3. The highest BCUT2D eigenvalue weighted by molar-refractivity contribution is 6.40. The average Bonchev–Trinajstić information content (AvgIpc) is 2.53. The summed E-state index contributed by atoms with van der Waals surface area (Å²) in [5.74, 6) is -13.4. The van der Waals surface area contributed by atoms with Crippen LogP contribution in [0.2, 0.25) is 0 Å². The zero-order chi connectivity index (χ0) is 21.5. The van der Waals surface area contributed by atoms with Gasteiger partial charge in [0, 0.05) is 12.8 Å². The molecule has 27 heavy (non-hydrogen) atoms. The van der Waals surface area contributed by atoms with Gasteiger partial charge in [0.1, 0.15) is 34.6 Å². The maximum atomic E-state index is 12.3. The first-order chi connectivity index (χ1) is 12.3. The molecule has 0 fully saturated rings. The van der Waals surface area contributed by atoms with Crippen molar-refractivity contribution in [2.24, 2.45) is 17.3 Å². The van der Waals surface area contributed by atoms with Gasteiger partial charge >= 0.3 is 17.9 Å². The molecule has 10 heteroatoms. The number of Topliss-reactive ketones (excluding diaryl/α,β-unsaturated/α-hetero) is 4. The lowest BCUT2D eigenvalue weighted by Gasteiger charge is -2.28. The summed E-state index contributed by atoms with van der Waals surface area (Å²) in [6.45, 7) is 3.53. The van der Waals surface area contributed by atoms with Crippen molar-refractivity contribution in [3.63, 3.8) is 0 Å². The molecule has 0 aromatic carbocycles. The number of carbonyl (C=O) groups is 7. The smallest absolute Gasteiger partial charge is 0.373 e. The predicted molar refractivity (Wildman–Crippen MR) is 87.8 cm³/mol. The third-order valence-corrected chi connectivity index (χ3v) is 4.44. The second kappa shape index (κ2) is 9.70. The minimum Gasteiger partial charge on any atom is -0.481 e. The van der Waals surface area contributed by atoms with Crippen molar-refractivity contribution in [2.45, 2.75) is 46.5 Å². The molecule has 0 rings (SSSR count). The Morgan fingerprint density at radius 2 is 1.07 bits per heavy atom. The van der Waals surface area contributed by atoms with E-state index in [1.807, 2.05) is 0 Å². The van der Waals surface area contributed by atoms with E-state index in [2.05, 4.69) is 0 Å². The van der Waals surface area contributed by atoms with Crippen LogP contribution in [0.5, 0.6) is 0 Å². The van der Waals surface area contributed by atoms with Gasteiger partial charge < -0.3 is 15.3 Å². The molecule has 150 valence electrons. The van der Waals surface area contributed by atoms with Crippen LogP contribution in [0.3, 0.4) is 0 Å². The predicted octanol–water partition coefficient (Wildman–Crippen LogP) is 0.356. The number of aliphatic carboxylic acids is 3. The zero-order valence-corrected chi connectivity index (χ0v) is 15.2. The Morgan fingerprint density at radius 3 is 1.26 bits per heavy atom. The van der Waals surface area contributed by atoms with Gasteiger partial charge in [-0.15, -0.1) is 0 Å². The van der Waals surface area contributed by atoms with Crippen LogP contribution in [0.15, 0.2) is 0 Å². The molecule has 0 radical (unpaired) electrons. The van der Waals surface area contributed by atoms with Crippen molar-refractivity contribution in [1.29, 1.82) is 0 Å². The van der Waals surface area contributed by atoms with E-state index in [9.17, 15) is 33.6 Å². The van der Waals surface area contributed by atoms with Crippen molar-refractivity contribution in [3.05, 3.63) is 0 Å². The Bertz CT molecular complexity index is 639. The van der Waals surface area contributed by atoms with E-state index >= 15 is 0 Å². The lowest BCUT2D eigenvalue weighted by Crippen LogP contribution is -2.47. The number of hydrogen-bond acceptors (Lipinski definition) is 7. The Hall–Kier alpha value is -2.91. The average molecular weight is 386 g/mol. The van der Waals surface area contributed by atoms with Crippen LogP contribution in [-0.2, 0) is 33.6 Å². The third kappa shape index (κ3) is 5.53. The van der Waals surface area contributed by atoms with Gasteiger partial charge in [-0.25, -0.2) is 4.79 Å². The highest BCUT2D eigenvalue weighted by atomic mass is 16.4. The molecule has 0 aromatic heterocycles. The first-order valence-electron chi connectivity index (χ1n) is 8.15. The molecular formula is C17H22O10. The highest BCUT2D eigenvalue weighted by Crippen LogP contribution is 2.34. The first-order valence-corrected chi connectivity index (χ1v) is 8.15. The first kappa shape index (κ1) is 24.1. The van der Waals surface area contributed by atoms with Crippen LogP contribution in [0.4, 0.5) is 0 Å². The molecule has 0 aromatic rings. The molecule has 3 N–H and O–H groups in total. The van der Waals surface area contributed by atoms with E-state index in [-0.39, 0.29) is 12.8 Å². The van der Waals surface area contributed by atoms with Crippen LogP contribution in [0, 0.1) is 17.3 Å². The van der Waals surface area contributed by atoms with Crippen LogP contribution < -0.4 is 0 Å². The molecule has 2 unspecified atom stereocenters. The maximum Gasteiger partial charge on any atom is 0.373 e. The van der Waals surface area contributed by atoms with Gasteiger partial charge in [0.25, 0.3) is 5.78 Å². The summed E-state index contributed by atoms with van der Waals surface area (Å²) >= 11 is 0. The van der Waals surface area contributed by atoms with Crippen LogP contribution in [0.25, 0.3) is 0 Å². The third-order valence-electron chi connectivity index (χ3n) is 4.44. The van der Waals surface area contributed by atoms with E-state index in [4.69, 9.17) is 15.3 Å². The molecular weight excluding hydrogens is 364 g/mol. The van der Waals surface area contributed by atoms with Crippen molar-refractivity contribution in [3.8, 4) is 0 Å². The summed E-state index contributed by atoms with van der Waals surface area (Å²) in [5, 5.41) is 27.2. The molecule has 0 bridgehead atoms. The Morgan fingerprint density at radius 1 is 0.741 bits per heavy atom. The molecule has 10 nitrogen and oxygen atoms in total. The van der Waals surface area contributed by atoms with Gasteiger partial charge in [-0.3, -0.25) is 28.8 Å². The molecule has 0 saturated carbocycles. The van der Waals surface area contributed by atoms with E-state index < -0.39 is 71.1 Å². The Labute approximate surface area is 154 Å². The quantitative estimate of drug-likeness (QED) is 0.295. The fourth-order valence-electron chi connectivity index (χ4n) is 2.76. The molecule has 0 saturated heterocycles. The fourth-order valence-corrected chi connectivity index (χ4v) is 2.76. The summed E-state index contributed by atoms with van der Waals surface area (Å²) in [6.07, 6.45) is -2.58. The molecule has 0 aliphatic rings. The van der Waals surface area contributed by atoms with E-state index in [1.54, 1.807) is 0 Å². The summed E-state index contributed by atoms with van der Waals surface area (Å²) in [4.78, 5) is 82.5. The van der Waals surface area contributed by atoms with Crippen molar-refractivity contribution in [2.75, 3.05) is 0 Å². The Balaban J connectivity index is 6.20. The minimum absolute atomic E-state index is 0.177. The molecule has 0 spiro atoms. The fraction of sp³-hybridized carbons (Fsp3) is 0.588. The van der Waals surface area contributed by atoms with Crippen molar-refractivity contribution >= 4 is 41.0 Å². The monoisotopic (exact) mass is 386 g/mol. The van der Waals surface area contributed by atoms with Crippen molar-refractivity contribution in [1.82, 2.24) is 0 Å². The summed E-state index contributed by atoms with van der Waals surface area (Å²) in [6, 6.07) is 0. The summed E-state index contributed by atoms with van der Waals surface area (Å²) in [5.41, 5.74) is -2.65. The van der Waals surface area contributed by atoms with E-state index in [0.29, 0.717) is 0 Å². The van der Waals surface area contributed by atoms with Gasteiger partial charge in [0.05, 0.1) is 0 Å². The second-order valence-electron chi connectivity index (χ2n) is 6.16. The van der Waals surface area contributed by atoms with Gasteiger partial charge in [0.2, 0.25) is 0 Å². The number of carboxylic acids is 3. The number of rotatable bonds is 13. The molecule has 0 aliphatic carbocycles. The van der Waals surface area contributed by atoms with Gasteiger partial charge in [-0.05, 0) is 19.8 Å². The number of carboxylic acid groups (broad SMARTS) is 3. The lowest BCUT2D eigenvalue weighted by atomic mass is 9.69. The second-order valence-corrected chi connectivity index (χ2v) is 6.16. The van der Waals surface area contributed by atoms with Gasteiger partial charge in [-0.1, -0.05) is 13.8 Å². The van der Waals surface area contributed by atoms with E-state index in [0.717, 1.165) is 6.92 Å². The summed E-state index contributed by atoms with van der Waals surface area (Å²) in [7, 11) is 0. The number of hydrogen-bond donors (Lipinski definition) is 3. The lowest BCUT2D eigenvalue weighted by molar-refractivity contribution is -0.161. The molecule has 2 atom stereocenters. The highest BCUT2D eigenvalue weighted by Gasteiger charge is 2.51. The molecule has 0 aliphatic heterocycles. The van der Waals surface area contributed by atoms with Gasteiger partial charge in [0.15, 0.2) is 0 Å². The van der Waals surface area contributed by atoms with Crippen LogP contribution in [0.1, 0.15) is 46.5 Å². The largest absolute Gasteiger partial charge is 0.481 e.